The zero-order chi connectivity index (χ0) is 15.6. The van der Waals surface area contributed by atoms with Gasteiger partial charge >= 0.3 is 0 Å². The highest BCUT2D eigenvalue weighted by molar-refractivity contribution is 9.10. The third-order valence-corrected chi connectivity index (χ3v) is 4.64. The lowest BCUT2D eigenvalue weighted by Crippen LogP contribution is -2.36. The van der Waals surface area contributed by atoms with Crippen LogP contribution < -0.4 is 5.73 Å². The molecule has 2 rings (SSSR count). The summed E-state index contributed by atoms with van der Waals surface area (Å²) >= 11 is 9.98. The number of rotatable bonds is 5. The van der Waals surface area contributed by atoms with Crippen molar-refractivity contribution in [2.75, 3.05) is 0 Å². The van der Waals surface area contributed by atoms with Gasteiger partial charge in [0.05, 0.1) is 16.4 Å². The topological polar surface area (TPSA) is 43.8 Å². The average molecular weight is 371 g/mol. The lowest BCUT2D eigenvalue weighted by Gasteiger charge is -2.26. The maximum atomic E-state index is 6.56. The van der Waals surface area contributed by atoms with E-state index in [9.17, 15) is 0 Å². The highest BCUT2D eigenvalue weighted by Crippen LogP contribution is 2.30. The summed E-state index contributed by atoms with van der Waals surface area (Å²) in [4.78, 5) is 0. The van der Waals surface area contributed by atoms with Gasteiger partial charge in [0.1, 0.15) is 0 Å². The van der Waals surface area contributed by atoms with Gasteiger partial charge in [-0.15, -0.1) is 0 Å². The fraction of sp³-hybridized carbons (Fsp3) is 0.438. The maximum absolute atomic E-state index is 6.56. The summed E-state index contributed by atoms with van der Waals surface area (Å²) in [7, 11) is 0. The number of aryl methyl sites for hydroxylation is 2. The van der Waals surface area contributed by atoms with Crippen molar-refractivity contribution in [2.24, 2.45) is 5.73 Å². The quantitative estimate of drug-likeness (QED) is 0.853. The van der Waals surface area contributed by atoms with E-state index in [1.165, 1.54) is 0 Å². The predicted molar refractivity (Wildman–Crippen MR) is 91.7 cm³/mol. The molecule has 0 aliphatic rings. The van der Waals surface area contributed by atoms with Crippen LogP contribution in [-0.2, 0) is 24.9 Å². The fourth-order valence-electron chi connectivity index (χ4n) is 2.48. The first-order valence-corrected chi connectivity index (χ1v) is 8.35. The number of aromatic nitrogens is 2. The molecule has 0 aliphatic heterocycles. The van der Waals surface area contributed by atoms with Crippen LogP contribution in [0.25, 0.3) is 0 Å². The van der Waals surface area contributed by atoms with E-state index in [0.29, 0.717) is 6.42 Å². The van der Waals surface area contributed by atoms with Gasteiger partial charge in [-0.25, -0.2) is 0 Å². The first kappa shape index (κ1) is 16.5. The summed E-state index contributed by atoms with van der Waals surface area (Å²) in [6.07, 6.45) is 1.49. The fourth-order valence-corrected chi connectivity index (χ4v) is 3.21. The molecule has 1 aromatic heterocycles. The van der Waals surface area contributed by atoms with E-state index in [1.807, 2.05) is 29.8 Å². The van der Waals surface area contributed by atoms with E-state index < -0.39 is 5.54 Å². The molecule has 0 fully saturated rings. The Morgan fingerprint density at radius 1 is 1.38 bits per heavy atom. The molecule has 1 heterocycles. The van der Waals surface area contributed by atoms with E-state index in [2.05, 4.69) is 40.9 Å². The van der Waals surface area contributed by atoms with Crippen molar-refractivity contribution >= 4 is 27.5 Å². The van der Waals surface area contributed by atoms with Crippen LogP contribution >= 0.6 is 27.5 Å². The zero-order valence-electron chi connectivity index (χ0n) is 12.7. The van der Waals surface area contributed by atoms with E-state index >= 15 is 0 Å². The molecule has 1 atom stereocenters. The third-order valence-electron chi connectivity index (χ3n) is 3.71. The highest BCUT2D eigenvalue weighted by atomic mass is 79.9. The van der Waals surface area contributed by atoms with Gasteiger partial charge < -0.3 is 5.73 Å². The molecule has 0 aliphatic carbocycles. The average Bonchev–Trinajstić information content (AvgIpc) is 2.75. The summed E-state index contributed by atoms with van der Waals surface area (Å²) in [6, 6.07) is 8.10. The Hall–Kier alpha value is -0.840. The molecule has 5 heteroatoms. The molecule has 0 spiro atoms. The van der Waals surface area contributed by atoms with Gasteiger partial charge in [0.2, 0.25) is 0 Å². The maximum Gasteiger partial charge on any atom is 0.0850 e. The smallest absolute Gasteiger partial charge is 0.0850 e. The predicted octanol–water partition coefficient (Wildman–Crippen LogP) is 4.30. The Bertz CT molecular complexity index is 634. The van der Waals surface area contributed by atoms with Crippen LogP contribution in [0.15, 0.2) is 28.7 Å². The number of nitrogens with two attached hydrogens (primary N) is 1. The second kappa shape index (κ2) is 6.51. The Balaban J connectivity index is 2.38. The summed E-state index contributed by atoms with van der Waals surface area (Å²) in [5.74, 6) is 0. The van der Waals surface area contributed by atoms with Crippen molar-refractivity contribution in [3.8, 4) is 0 Å². The Kier molecular flexibility index (Phi) is 5.12. The van der Waals surface area contributed by atoms with Gasteiger partial charge in [-0.3, -0.25) is 4.68 Å². The molecule has 0 bridgehead atoms. The van der Waals surface area contributed by atoms with Gasteiger partial charge in [0.25, 0.3) is 0 Å². The Morgan fingerprint density at radius 2 is 2.10 bits per heavy atom. The van der Waals surface area contributed by atoms with Crippen LogP contribution in [0.4, 0.5) is 0 Å². The molecule has 0 saturated heterocycles. The molecular formula is C16H21BrClN3. The van der Waals surface area contributed by atoms with Crippen molar-refractivity contribution in [3.05, 3.63) is 50.7 Å². The normalized spacial score (nSPS) is 14.2. The minimum Gasteiger partial charge on any atom is -0.321 e. The standard InChI is InChI=1S/C16H21BrClN3/c1-4-13-15(18)14(21(5-2)20-13)10-16(3,19)11-7-6-8-12(17)9-11/h6-9H,4-5,10,19H2,1-3H3. The summed E-state index contributed by atoms with van der Waals surface area (Å²) < 4.78 is 2.99. The molecule has 21 heavy (non-hydrogen) atoms. The second-order valence-electron chi connectivity index (χ2n) is 5.48. The Morgan fingerprint density at radius 3 is 2.67 bits per heavy atom. The molecule has 0 saturated carbocycles. The first-order valence-electron chi connectivity index (χ1n) is 7.18. The SMILES string of the molecule is CCc1nn(CC)c(CC(C)(N)c2cccc(Br)c2)c1Cl. The minimum absolute atomic E-state index is 0.495. The molecule has 2 N–H and O–H groups in total. The number of hydrogen-bond donors (Lipinski definition) is 1. The monoisotopic (exact) mass is 369 g/mol. The van der Waals surface area contributed by atoms with Crippen LogP contribution in [0, 0.1) is 0 Å². The lowest BCUT2D eigenvalue weighted by molar-refractivity contribution is 0.463. The van der Waals surface area contributed by atoms with E-state index in [0.717, 1.165) is 39.4 Å². The van der Waals surface area contributed by atoms with Crippen molar-refractivity contribution in [2.45, 2.75) is 45.7 Å². The number of hydrogen-bond acceptors (Lipinski definition) is 2. The van der Waals surface area contributed by atoms with E-state index in [-0.39, 0.29) is 0 Å². The van der Waals surface area contributed by atoms with Crippen LogP contribution in [0.5, 0.6) is 0 Å². The second-order valence-corrected chi connectivity index (χ2v) is 6.77. The minimum atomic E-state index is -0.495. The molecule has 1 aromatic carbocycles. The summed E-state index contributed by atoms with van der Waals surface area (Å²) in [5.41, 5.74) is 9.10. The largest absolute Gasteiger partial charge is 0.321 e. The third kappa shape index (κ3) is 3.50. The molecule has 1 unspecified atom stereocenters. The molecule has 0 radical (unpaired) electrons. The molecule has 0 amide bonds. The summed E-state index contributed by atoms with van der Waals surface area (Å²) in [6.45, 7) is 6.96. The van der Waals surface area contributed by atoms with Gasteiger partial charge in [0, 0.05) is 23.0 Å². The van der Waals surface area contributed by atoms with Gasteiger partial charge in [-0.1, -0.05) is 46.6 Å². The van der Waals surface area contributed by atoms with Crippen LogP contribution in [0.3, 0.4) is 0 Å². The van der Waals surface area contributed by atoms with Crippen LogP contribution in [0.1, 0.15) is 37.7 Å². The zero-order valence-corrected chi connectivity index (χ0v) is 15.0. The van der Waals surface area contributed by atoms with Gasteiger partial charge in [-0.05, 0) is 38.0 Å². The van der Waals surface area contributed by atoms with Crippen molar-refractivity contribution in [1.29, 1.82) is 0 Å². The van der Waals surface area contributed by atoms with Crippen molar-refractivity contribution in [3.63, 3.8) is 0 Å². The lowest BCUT2D eigenvalue weighted by atomic mass is 9.88. The molecular weight excluding hydrogens is 350 g/mol. The van der Waals surface area contributed by atoms with Gasteiger partial charge in [0.15, 0.2) is 0 Å². The number of nitrogens with zero attached hydrogens (tertiary/aromatic N) is 2. The summed E-state index contributed by atoms with van der Waals surface area (Å²) in [5, 5.41) is 5.32. The molecule has 2 aromatic rings. The number of halogens is 2. The van der Waals surface area contributed by atoms with Crippen LogP contribution in [0.2, 0.25) is 5.02 Å². The van der Waals surface area contributed by atoms with E-state index in [4.69, 9.17) is 17.3 Å². The molecule has 114 valence electrons. The highest BCUT2D eigenvalue weighted by Gasteiger charge is 2.26. The first-order chi connectivity index (χ1) is 9.89. The van der Waals surface area contributed by atoms with Crippen LogP contribution in [-0.4, -0.2) is 9.78 Å². The molecule has 3 nitrogen and oxygen atoms in total. The van der Waals surface area contributed by atoms with Gasteiger partial charge in [-0.2, -0.15) is 5.10 Å². The van der Waals surface area contributed by atoms with Crippen molar-refractivity contribution < 1.29 is 0 Å². The Labute approximate surface area is 139 Å². The van der Waals surface area contributed by atoms with E-state index in [1.54, 1.807) is 0 Å². The van der Waals surface area contributed by atoms with Crippen molar-refractivity contribution in [1.82, 2.24) is 9.78 Å². The number of benzene rings is 1.